The van der Waals surface area contributed by atoms with E-state index in [4.69, 9.17) is 5.73 Å². The van der Waals surface area contributed by atoms with Gasteiger partial charge in [0, 0.05) is 11.5 Å². The number of aliphatic hydroxyl groups excluding tert-OH is 3. The van der Waals surface area contributed by atoms with E-state index in [-0.39, 0.29) is 23.7 Å². The van der Waals surface area contributed by atoms with E-state index in [1.165, 1.54) is 25.1 Å². The number of phenolic OH excluding ortho intramolecular Hbond substituents is 1. The Morgan fingerprint density at radius 3 is 2.30 bits per heavy atom. The lowest BCUT2D eigenvalue weighted by Crippen LogP contribution is -3.00. The van der Waals surface area contributed by atoms with Crippen molar-refractivity contribution in [1.82, 2.24) is 4.90 Å². The maximum absolute atomic E-state index is 13.7. The van der Waals surface area contributed by atoms with Crippen molar-refractivity contribution in [3.63, 3.8) is 0 Å². The minimum atomic E-state index is -2.89. The second-order valence-electron chi connectivity index (χ2n) is 8.79. The van der Waals surface area contributed by atoms with Crippen LogP contribution in [0.4, 0.5) is 0 Å². The van der Waals surface area contributed by atoms with Crippen LogP contribution in [0.2, 0.25) is 0 Å². The fourth-order valence-corrected chi connectivity index (χ4v) is 5.58. The predicted molar refractivity (Wildman–Crippen MR) is 110 cm³/mol. The Hall–Kier alpha value is -2.92. The Labute approximate surface area is 195 Å². The Morgan fingerprint density at radius 2 is 1.76 bits per heavy atom. The van der Waals surface area contributed by atoms with Gasteiger partial charge in [-0.25, -0.2) is 0 Å². The van der Waals surface area contributed by atoms with Crippen molar-refractivity contribution >= 4 is 23.2 Å². The molecular weight excluding hydrogens is 456 g/mol. The highest BCUT2D eigenvalue weighted by molar-refractivity contribution is 6.24. The number of primary amides is 1. The highest BCUT2D eigenvalue weighted by atomic mass is 35.5. The van der Waals surface area contributed by atoms with E-state index in [9.17, 15) is 39.9 Å². The molecule has 7 N–H and O–H groups in total. The molecule has 0 spiro atoms. The van der Waals surface area contributed by atoms with Crippen molar-refractivity contribution in [3.8, 4) is 5.75 Å². The van der Waals surface area contributed by atoms with Crippen LogP contribution < -0.4 is 18.1 Å². The summed E-state index contributed by atoms with van der Waals surface area (Å²) in [5.74, 6) is -8.87. The monoisotopic (exact) mass is 479 g/mol. The number of carbonyl (C=O) groups excluding carboxylic acids is 3. The number of fused-ring (bicyclic) bond motifs is 3. The molecule has 3 aliphatic carbocycles. The number of hydrogen-bond acceptors (Lipinski definition) is 9. The first kappa shape index (κ1) is 24.7. The summed E-state index contributed by atoms with van der Waals surface area (Å²) < 4.78 is 0. The Kier molecular flexibility index (Phi) is 5.87. The smallest absolute Gasteiger partial charge is 0.255 e. The lowest BCUT2D eigenvalue weighted by molar-refractivity contribution is -0.169. The molecule has 10 nitrogen and oxygen atoms in total. The molecule has 0 saturated heterocycles. The van der Waals surface area contributed by atoms with Crippen LogP contribution in [0.5, 0.6) is 5.75 Å². The molecule has 3 aliphatic rings. The number of nitrogens with two attached hydrogens (primary N) is 1. The van der Waals surface area contributed by atoms with Gasteiger partial charge in [-0.15, -0.1) is 0 Å². The lowest BCUT2D eigenvalue weighted by atomic mass is 9.54. The third-order valence-electron chi connectivity index (χ3n) is 6.99. The highest BCUT2D eigenvalue weighted by Gasteiger charge is 2.68. The number of likely N-dealkylation sites (N-methyl/N-ethyl adjacent to an activating group) is 1. The summed E-state index contributed by atoms with van der Waals surface area (Å²) in [5, 5.41) is 54.9. The number of halogens is 1. The lowest BCUT2D eigenvalue weighted by Gasteiger charge is -2.53. The number of phenols is 1. The normalized spacial score (nSPS) is 33.3. The van der Waals surface area contributed by atoms with Crippen LogP contribution >= 0.6 is 0 Å². The number of aliphatic hydroxyl groups is 4. The fraction of sp³-hybridized carbons (Fsp3) is 0.409. The summed E-state index contributed by atoms with van der Waals surface area (Å²) in [7, 11) is 2.92. The maximum atomic E-state index is 13.7. The van der Waals surface area contributed by atoms with Crippen LogP contribution in [-0.2, 0) is 14.4 Å². The zero-order chi connectivity index (χ0) is 23.9. The van der Waals surface area contributed by atoms with Crippen molar-refractivity contribution in [2.45, 2.75) is 30.6 Å². The van der Waals surface area contributed by atoms with E-state index in [1.807, 2.05) is 0 Å². The summed E-state index contributed by atoms with van der Waals surface area (Å²) in [5.41, 5.74) is 1.47. The van der Waals surface area contributed by atoms with Gasteiger partial charge in [-0.2, -0.15) is 0 Å². The molecule has 0 heterocycles. The van der Waals surface area contributed by atoms with Gasteiger partial charge < -0.3 is 43.7 Å². The molecule has 1 aromatic carbocycles. The summed E-state index contributed by atoms with van der Waals surface area (Å²) in [4.78, 5) is 40.0. The largest absolute Gasteiger partial charge is 1.00 e. The van der Waals surface area contributed by atoms with Crippen LogP contribution in [0.15, 0.2) is 35.1 Å². The molecule has 1 saturated carbocycles. The van der Waals surface area contributed by atoms with Crippen molar-refractivity contribution in [1.29, 1.82) is 0 Å². The average molecular weight is 480 g/mol. The first-order valence-electron chi connectivity index (χ1n) is 10.0. The van der Waals surface area contributed by atoms with Crippen LogP contribution in [0.25, 0.3) is 5.76 Å². The number of Topliss-reactive ketones (excluding diaryl/α,β-unsaturated/α-hetero) is 2. The van der Waals surface area contributed by atoms with Gasteiger partial charge in [-0.1, -0.05) is 19.1 Å². The van der Waals surface area contributed by atoms with Gasteiger partial charge in [0.05, 0.1) is 23.6 Å². The molecule has 1 unspecified atom stereocenters. The molecule has 6 atom stereocenters. The van der Waals surface area contributed by atoms with Gasteiger partial charge in [-0.3, -0.25) is 19.3 Å². The number of benzene rings is 1. The van der Waals surface area contributed by atoms with Crippen molar-refractivity contribution in [2.75, 3.05) is 14.1 Å². The summed E-state index contributed by atoms with van der Waals surface area (Å²) in [6, 6.07) is 3.13. The predicted octanol–water partition coefficient (Wildman–Crippen LogP) is -3.50. The van der Waals surface area contributed by atoms with Gasteiger partial charge in [-0.05, 0) is 31.6 Å². The topological polar surface area (TPSA) is 182 Å². The number of hydrogen-bond donors (Lipinski definition) is 6. The molecule has 1 fully saturated rings. The zero-order valence-corrected chi connectivity index (χ0v) is 18.7. The minimum absolute atomic E-state index is 0. The third-order valence-corrected chi connectivity index (χ3v) is 6.99. The Balaban J connectivity index is 0.00000306. The van der Waals surface area contributed by atoms with Gasteiger partial charge in [0.2, 0.25) is 5.78 Å². The van der Waals surface area contributed by atoms with E-state index in [2.05, 4.69) is 0 Å². The standard InChI is InChI=1S/C22H24N2O8.ClH/c1-7-8-5-4-6-9(25)11(8)16(26)12-10(7)17(27)14-15(24(2)3)18(28)13(21(23)31)20(30)22(14,32)19(12)29;/h4-7,10,14-15,17,25-27,30,32H,1-3H3,(H2,23,31);1H/p-1/t7-,10+,14+,15-,17-,22?;/m0./s1. The molecule has 11 heteroatoms. The van der Waals surface area contributed by atoms with Gasteiger partial charge in [0.15, 0.2) is 11.4 Å². The van der Waals surface area contributed by atoms with E-state index >= 15 is 0 Å². The number of carbonyl (C=O) groups is 3. The van der Waals surface area contributed by atoms with E-state index in [0.29, 0.717) is 5.56 Å². The number of amides is 1. The molecule has 0 bridgehead atoms. The molecule has 0 aliphatic heterocycles. The van der Waals surface area contributed by atoms with E-state index < -0.39 is 75.6 Å². The van der Waals surface area contributed by atoms with Gasteiger partial charge in [0.1, 0.15) is 22.8 Å². The van der Waals surface area contributed by atoms with E-state index in [1.54, 1.807) is 19.1 Å². The fourth-order valence-electron chi connectivity index (χ4n) is 5.58. The third kappa shape index (κ3) is 2.95. The van der Waals surface area contributed by atoms with Gasteiger partial charge >= 0.3 is 0 Å². The second-order valence-corrected chi connectivity index (χ2v) is 8.79. The summed E-state index contributed by atoms with van der Waals surface area (Å²) >= 11 is 0. The Bertz CT molecular complexity index is 1140. The second kappa shape index (κ2) is 7.84. The molecule has 0 aromatic heterocycles. The van der Waals surface area contributed by atoms with Crippen LogP contribution in [0, 0.1) is 11.8 Å². The van der Waals surface area contributed by atoms with E-state index in [0.717, 1.165) is 0 Å². The molecule has 0 radical (unpaired) electrons. The molecule has 1 amide bonds. The maximum Gasteiger partial charge on any atom is 0.255 e. The Morgan fingerprint density at radius 1 is 1.15 bits per heavy atom. The summed E-state index contributed by atoms with van der Waals surface area (Å²) in [6.07, 6.45) is -1.59. The summed E-state index contributed by atoms with van der Waals surface area (Å²) in [6.45, 7) is 1.68. The van der Waals surface area contributed by atoms with Crippen molar-refractivity contribution in [2.24, 2.45) is 17.6 Å². The number of rotatable bonds is 2. The van der Waals surface area contributed by atoms with Crippen LogP contribution in [0.3, 0.4) is 0 Å². The molecule has 4 rings (SSSR count). The van der Waals surface area contributed by atoms with Crippen molar-refractivity contribution < 1.29 is 52.3 Å². The molecule has 1 aromatic rings. The first-order chi connectivity index (χ1) is 14.9. The van der Waals surface area contributed by atoms with Gasteiger partial charge in [0.25, 0.3) is 5.91 Å². The van der Waals surface area contributed by atoms with Crippen LogP contribution in [0.1, 0.15) is 24.0 Å². The SMILES string of the molecule is C[C@H]1c2cccc(O)c2C(O)=C2C(=O)C3(O)C(O)=C(C(N)=O)C(=O)[C@@H](N(C)C)[C@@H]3[C@@H](O)[C@@H]21.[Cl-]. The quantitative estimate of drug-likeness (QED) is 0.234. The zero-order valence-electron chi connectivity index (χ0n) is 18.0. The molecule has 33 heavy (non-hydrogen) atoms. The molecular formula is C22H24ClN2O8-. The number of aromatic hydroxyl groups is 1. The molecule has 178 valence electrons. The number of ketones is 2. The number of nitrogens with zero attached hydrogens (tertiary/aromatic N) is 1. The van der Waals surface area contributed by atoms with Crippen LogP contribution in [-0.4, -0.2) is 79.7 Å². The highest BCUT2D eigenvalue weighted by Crippen LogP contribution is 2.55. The minimum Gasteiger partial charge on any atom is -1.00 e. The first-order valence-corrected chi connectivity index (χ1v) is 10.0. The van der Waals surface area contributed by atoms with Crippen molar-refractivity contribution in [3.05, 3.63) is 46.2 Å². The average Bonchev–Trinajstić information content (AvgIpc) is 2.70.